The van der Waals surface area contributed by atoms with Crippen molar-refractivity contribution >= 4 is 21.8 Å². The Bertz CT molecular complexity index is 1950. The molecule has 0 amide bonds. The lowest BCUT2D eigenvalue weighted by Crippen LogP contribution is -2.09. The summed E-state index contributed by atoms with van der Waals surface area (Å²) in [6.45, 7) is 0. The Labute approximate surface area is 232 Å². The molecule has 7 rings (SSSR count). The van der Waals surface area contributed by atoms with Gasteiger partial charge in [-0.15, -0.1) is 0 Å². The molecule has 198 valence electrons. The zero-order valence-corrected chi connectivity index (χ0v) is 21.3. The predicted octanol–water partition coefficient (Wildman–Crippen LogP) is 9.13. The summed E-state index contributed by atoms with van der Waals surface area (Å²) in [6.07, 6.45) is 2.97. The first-order valence-corrected chi connectivity index (χ1v) is 12.9. The molecule has 0 N–H and O–H groups in total. The van der Waals surface area contributed by atoms with Gasteiger partial charge in [-0.25, -0.2) is 22.5 Å². The molecule has 0 aliphatic heterocycles. The molecule has 0 fully saturated rings. The number of fused-ring (bicyclic) bond motifs is 3. The van der Waals surface area contributed by atoms with E-state index in [-0.39, 0.29) is 5.56 Å². The Morgan fingerprint density at radius 2 is 1.05 bits per heavy atom. The Balaban J connectivity index is 1.51. The number of hydrogen-bond donors (Lipinski definition) is 0. The number of halogens is 4. The zero-order chi connectivity index (χ0) is 28.1. The lowest BCUT2D eigenvalue weighted by molar-refractivity contribution is 0.454. The SMILES string of the molecule is Fc1c(F)c(-n2c3ccccc3c3ccncc32)c(F)c(F)c1-c1cc(-c2ccccc2)nc(-c2ccccc2)c1. The molecule has 7 heteroatoms. The minimum Gasteiger partial charge on any atom is -0.302 e. The van der Waals surface area contributed by atoms with Crippen LogP contribution in [0.5, 0.6) is 0 Å². The molecule has 3 heterocycles. The van der Waals surface area contributed by atoms with Gasteiger partial charge in [-0.3, -0.25) is 4.98 Å². The molecule has 0 atom stereocenters. The maximum absolute atomic E-state index is 16.0. The zero-order valence-electron chi connectivity index (χ0n) is 21.3. The van der Waals surface area contributed by atoms with Crippen molar-refractivity contribution in [2.75, 3.05) is 0 Å². The lowest BCUT2D eigenvalue weighted by atomic mass is 9.98. The molecule has 0 radical (unpaired) electrons. The Morgan fingerprint density at radius 1 is 0.512 bits per heavy atom. The third kappa shape index (κ3) is 3.97. The topological polar surface area (TPSA) is 30.7 Å². The maximum Gasteiger partial charge on any atom is 0.186 e. The number of aromatic nitrogens is 3. The first kappa shape index (κ1) is 24.7. The van der Waals surface area contributed by atoms with Gasteiger partial charge in [0.2, 0.25) is 0 Å². The quantitative estimate of drug-likeness (QED) is 0.163. The normalized spacial score (nSPS) is 11.4. The van der Waals surface area contributed by atoms with Gasteiger partial charge < -0.3 is 4.57 Å². The van der Waals surface area contributed by atoms with Gasteiger partial charge in [0.05, 0.1) is 34.2 Å². The minimum absolute atomic E-state index is 0.0408. The number of hydrogen-bond acceptors (Lipinski definition) is 2. The average molecular weight is 546 g/mol. The van der Waals surface area contributed by atoms with Crippen LogP contribution in [0.4, 0.5) is 17.6 Å². The van der Waals surface area contributed by atoms with Crippen LogP contribution in [-0.4, -0.2) is 14.5 Å². The number of benzene rings is 4. The molecule has 0 saturated carbocycles. The van der Waals surface area contributed by atoms with Crippen molar-refractivity contribution in [1.29, 1.82) is 0 Å². The number of rotatable bonds is 4. The first-order chi connectivity index (χ1) is 20.0. The van der Waals surface area contributed by atoms with Crippen molar-refractivity contribution in [3.8, 4) is 39.3 Å². The number of pyridine rings is 2. The van der Waals surface area contributed by atoms with Crippen LogP contribution >= 0.6 is 0 Å². The number of para-hydroxylation sites is 1. The van der Waals surface area contributed by atoms with Crippen LogP contribution in [0.2, 0.25) is 0 Å². The average Bonchev–Trinajstić information content (AvgIpc) is 3.35. The van der Waals surface area contributed by atoms with E-state index in [1.807, 2.05) is 36.4 Å². The van der Waals surface area contributed by atoms with Gasteiger partial charge in [0.25, 0.3) is 0 Å². The molecule has 3 aromatic heterocycles. The molecular weight excluding hydrogens is 526 g/mol. The molecule has 0 aliphatic carbocycles. The Morgan fingerprint density at radius 3 is 1.66 bits per heavy atom. The van der Waals surface area contributed by atoms with Crippen molar-refractivity contribution in [3.63, 3.8) is 0 Å². The summed E-state index contributed by atoms with van der Waals surface area (Å²) in [5.74, 6) is -6.02. The summed E-state index contributed by atoms with van der Waals surface area (Å²) in [5.41, 5.74) is 1.19. The fraction of sp³-hybridized carbons (Fsp3) is 0. The highest BCUT2D eigenvalue weighted by atomic mass is 19.2. The van der Waals surface area contributed by atoms with Gasteiger partial charge in [-0.1, -0.05) is 78.9 Å². The third-order valence-corrected chi connectivity index (χ3v) is 7.19. The molecule has 4 aromatic carbocycles. The molecule has 3 nitrogen and oxygen atoms in total. The molecule has 41 heavy (non-hydrogen) atoms. The first-order valence-electron chi connectivity index (χ1n) is 12.9. The second-order valence-corrected chi connectivity index (χ2v) is 9.58. The molecule has 7 aromatic rings. The van der Waals surface area contributed by atoms with Gasteiger partial charge in [0.1, 0.15) is 5.69 Å². The van der Waals surface area contributed by atoms with Gasteiger partial charge in [0.15, 0.2) is 23.3 Å². The third-order valence-electron chi connectivity index (χ3n) is 7.19. The minimum atomic E-state index is -1.51. The number of nitrogens with zero attached hydrogens (tertiary/aromatic N) is 3. The maximum atomic E-state index is 16.0. The van der Waals surface area contributed by atoms with E-state index < -0.39 is 34.5 Å². The smallest absolute Gasteiger partial charge is 0.186 e. The van der Waals surface area contributed by atoms with Crippen LogP contribution < -0.4 is 0 Å². The molecule has 0 saturated heterocycles. The van der Waals surface area contributed by atoms with Gasteiger partial charge in [0, 0.05) is 28.1 Å². The van der Waals surface area contributed by atoms with E-state index in [0.29, 0.717) is 44.3 Å². The van der Waals surface area contributed by atoms with Crippen LogP contribution in [0.3, 0.4) is 0 Å². The second-order valence-electron chi connectivity index (χ2n) is 9.58. The summed E-state index contributed by atoms with van der Waals surface area (Å²) in [6, 6.07) is 29.5. The van der Waals surface area contributed by atoms with Gasteiger partial charge in [-0.05, 0) is 29.8 Å². The molecular formula is C34H19F4N3. The van der Waals surface area contributed by atoms with Crippen molar-refractivity contribution in [2.45, 2.75) is 0 Å². The van der Waals surface area contributed by atoms with Crippen molar-refractivity contribution < 1.29 is 17.6 Å². The predicted molar refractivity (Wildman–Crippen MR) is 153 cm³/mol. The Hall–Kier alpha value is -5.30. The van der Waals surface area contributed by atoms with Crippen LogP contribution in [0.15, 0.2) is 116 Å². The van der Waals surface area contributed by atoms with Crippen LogP contribution in [0, 0.1) is 23.3 Å². The highest BCUT2D eigenvalue weighted by molar-refractivity contribution is 6.09. The molecule has 0 bridgehead atoms. The van der Waals surface area contributed by atoms with E-state index in [0.717, 1.165) is 0 Å². The molecule has 0 spiro atoms. The van der Waals surface area contributed by atoms with E-state index in [9.17, 15) is 0 Å². The highest BCUT2D eigenvalue weighted by Crippen LogP contribution is 2.40. The van der Waals surface area contributed by atoms with Gasteiger partial charge in [-0.2, -0.15) is 0 Å². The molecule has 0 aliphatic rings. The summed E-state index contributed by atoms with van der Waals surface area (Å²) in [7, 11) is 0. The standard InChI is InChI=1S/C34H19F4N3/c35-30-29(22-17-25(20-9-3-1-4-10-20)40-26(18-22)21-11-5-2-6-12-21)31(36)33(38)34(32(30)37)41-27-14-8-7-13-23(27)24-15-16-39-19-28(24)41/h1-19H. The fourth-order valence-corrected chi connectivity index (χ4v) is 5.32. The largest absolute Gasteiger partial charge is 0.302 e. The van der Waals surface area contributed by atoms with E-state index in [2.05, 4.69) is 9.97 Å². The van der Waals surface area contributed by atoms with E-state index in [1.54, 1.807) is 60.8 Å². The molecule has 0 unspecified atom stereocenters. The van der Waals surface area contributed by atoms with E-state index >= 15 is 17.6 Å². The summed E-state index contributed by atoms with van der Waals surface area (Å²) in [5, 5.41) is 1.32. The van der Waals surface area contributed by atoms with Crippen LogP contribution in [0.1, 0.15) is 0 Å². The van der Waals surface area contributed by atoms with Crippen molar-refractivity contribution in [2.24, 2.45) is 0 Å². The van der Waals surface area contributed by atoms with Crippen LogP contribution in [-0.2, 0) is 0 Å². The van der Waals surface area contributed by atoms with Crippen LogP contribution in [0.25, 0.3) is 61.1 Å². The van der Waals surface area contributed by atoms with E-state index in [1.165, 1.54) is 22.9 Å². The fourth-order valence-electron chi connectivity index (χ4n) is 5.32. The summed E-state index contributed by atoms with van der Waals surface area (Å²) >= 11 is 0. The monoisotopic (exact) mass is 545 g/mol. The Kier molecular flexibility index (Phi) is 5.86. The van der Waals surface area contributed by atoms with Crippen molar-refractivity contribution in [1.82, 2.24) is 14.5 Å². The summed E-state index contributed by atoms with van der Waals surface area (Å²) in [4.78, 5) is 8.77. The van der Waals surface area contributed by atoms with Crippen molar-refractivity contribution in [3.05, 3.63) is 139 Å². The van der Waals surface area contributed by atoms with E-state index in [4.69, 9.17) is 0 Å². The second kappa shape index (κ2) is 9.71. The van der Waals surface area contributed by atoms with Gasteiger partial charge >= 0.3 is 0 Å². The lowest BCUT2D eigenvalue weighted by Gasteiger charge is -2.16. The summed E-state index contributed by atoms with van der Waals surface area (Å²) < 4.78 is 65.2. The highest BCUT2D eigenvalue weighted by Gasteiger charge is 2.30.